The highest BCUT2D eigenvalue weighted by Gasteiger charge is 2.15. The summed E-state index contributed by atoms with van der Waals surface area (Å²) >= 11 is 0. The fraction of sp³-hybridized carbons (Fsp3) is 0.250. The second-order valence-corrected chi connectivity index (χ2v) is 4.84. The van der Waals surface area contributed by atoms with Crippen LogP contribution < -0.4 is 5.32 Å². The van der Waals surface area contributed by atoms with Crippen molar-refractivity contribution in [2.45, 2.75) is 19.4 Å². The van der Waals surface area contributed by atoms with Crippen molar-refractivity contribution in [3.63, 3.8) is 0 Å². The van der Waals surface area contributed by atoms with Crippen molar-refractivity contribution < 1.29 is 17.6 Å². The van der Waals surface area contributed by atoms with Gasteiger partial charge in [-0.15, -0.1) is 0 Å². The highest BCUT2D eigenvalue weighted by molar-refractivity contribution is 5.23. The Bertz CT molecular complexity index is 587. The van der Waals surface area contributed by atoms with Crippen molar-refractivity contribution in [3.05, 3.63) is 70.8 Å². The van der Waals surface area contributed by atoms with Crippen LogP contribution in [-0.2, 0) is 6.42 Å². The molecule has 0 radical (unpaired) electrons. The van der Waals surface area contributed by atoms with E-state index in [0.29, 0.717) is 18.5 Å². The van der Waals surface area contributed by atoms with E-state index in [-0.39, 0.29) is 5.56 Å². The summed E-state index contributed by atoms with van der Waals surface area (Å²) in [5.74, 6) is -2.52. The van der Waals surface area contributed by atoms with E-state index in [1.54, 1.807) is 6.92 Å². The molecule has 1 N–H and O–H groups in total. The van der Waals surface area contributed by atoms with Gasteiger partial charge >= 0.3 is 0 Å². The Labute approximate surface area is 120 Å². The molecule has 0 saturated carbocycles. The third-order valence-corrected chi connectivity index (χ3v) is 3.22. The molecule has 0 saturated heterocycles. The van der Waals surface area contributed by atoms with Gasteiger partial charge in [0.25, 0.3) is 0 Å². The molecule has 0 bridgehead atoms. The molecule has 2 aromatic carbocycles. The second-order valence-electron chi connectivity index (χ2n) is 4.84. The molecule has 0 fully saturated rings. The number of nitrogens with one attached hydrogen (secondary N) is 1. The van der Waals surface area contributed by atoms with Crippen LogP contribution in [0.4, 0.5) is 17.6 Å². The molecule has 5 heteroatoms. The maximum Gasteiger partial charge on any atom is 0.130 e. The van der Waals surface area contributed by atoms with Crippen LogP contribution in [0.15, 0.2) is 36.4 Å². The van der Waals surface area contributed by atoms with E-state index in [2.05, 4.69) is 5.32 Å². The monoisotopic (exact) mass is 297 g/mol. The van der Waals surface area contributed by atoms with Crippen LogP contribution in [0.1, 0.15) is 24.1 Å². The quantitative estimate of drug-likeness (QED) is 0.818. The number of halogens is 4. The molecular formula is C16H15F4N. The summed E-state index contributed by atoms with van der Waals surface area (Å²) in [6.45, 7) is 1.98. The van der Waals surface area contributed by atoms with Gasteiger partial charge in [-0.1, -0.05) is 6.07 Å². The van der Waals surface area contributed by atoms with E-state index in [4.69, 9.17) is 0 Å². The van der Waals surface area contributed by atoms with Crippen molar-refractivity contribution >= 4 is 0 Å². The van der Waals surface area contributed by atoms with Crippen molar-refractivity contribution in [2.75, 3.05) is 6.54 Å². The van der Waals surface area contributed by atoms with Crippen molar-refractivity contribution in [1.29, 1.82) is 0 Å². The van der Waals surface area contributed by atoms with E-state index >= 15 is 0 Å². The Morgan fingerprint density at radius 2 is 1.52 bits per heavy atom. The number of hydrogen-bond donors (Lipinski definition) is 1. The Hall–Kier alpha value is -1.88. The average molecular weight is 297 g/mol. The van der Waals surface area contributed by atoms with Gasteiger partial charge in [-0.2, -0.15) is 0 Å². The molecule has 0 aromatic heterocycles. The summed E-state index contributed by atoms with van der Waals surface area (Å²) < 4.78 is 53.2. The maximum atomic E-state index is 13.6. The first-order valence-corrected chi connectivity index (χ1v) is 6.59. The standard InChI is InChI=1S/C16H15F4N/c1-10(16-14(19)3-2-4-15(16)20)21-6-5-11-7-12(17)9-13(18)8-11/h2-4,7-10,21H,5-6H2,1H3. The molecule has 21 heavy (non-hydrogen) atoms. The van der Waals surface area contributed by atoms with Gasteiger partial charge in [-0.3, -0.25) is 0 Å². The summed E-state index contributed by atoms with van der Waals surface area (Å²) in [6.07, 6.45) is 0.356. The molecule has 0 aliphatic rings. The van der Waals surface area contributed by atoms with Crippen molar-refractivity contribution in [1.82, 2.24) is 5.32 Å². The van der Waals surface area contributed by atoms with Gasteiger partial charge in [0.1, 0.15) is 23.3 Å². The van der Waals surface area contributed by atoms with E-state index in [9.17, 15) is 17.6 Å². The normalized spacial score (nSPS) is 12.4. The van der Waals surface area contributed by atoms with Gasteiger partial charge in [-0.25, -0.2) is 17.6 Å². The van der Waals surface area contributed by atoms with Crippen LogP contribution in [-0.4, -0.2) is 6.54 Å². The summed E-state index contributed by atoms with van der Waals surface area (Å²) in [7, 11) is 0. The Kier molecular flexibility index (Phi) is 4.96. The van der Waals surface area contributed by atoms with Gasteiger partial charge in [0.05, 0.1) is 0 Å². The molecule has 0 spiro atoms. The van der Waals surface area contributed by atoms with E-state index < -0.39 is 29.3 Å². The van der Waals surface area contributed by atoms with Gasteiger partial charge < -0.3 is 5.32 Å². The molecular weight excluding hydrogens is 282 g/mol. The topological polar surface area (TPSA) is 12.0 Å². The minimum atomic E-state index is -0.641. The first kappa shape index (κ1) is 15.5. The molecule has 1 nitrogen and oxygen atoms in total. The largest absolute Gasteiger partial charge is 0.310 e. The van der Waals surface area contributed by atoms with Crippen LogP contribution in [0.25, 0.3) is 0 Å². The summed E-state index contributed by atoms with van der Waals surface area (Å²) in [4.78, 5) is 0. The number of hydrogen-bond acceptors (Lipinski definition) is 1. The first-order chi connectivity index (χ1) is 9.97. The van der Waals surface area contributed by atoms with Crippen LogP contribution >= 0.6 is 0 Å². The Balaban J connectivity index is 1.97. The molecule has 0 aliphatic heterocycles. The van der Waals surface area contributed by atoms with Crippen LogP contribution in [0.5, 0.6) is 0 Å². The predicted octanol–water partition coefficient (Wildman–Crippen LogP) is 4.14. The lowest BCUT2D eigenvalue weighted by Gasteiger charge is -2.15. The Morgan fingerprint density at radius 3 is 2.10 bits per heavy atom. The lowest BCUT2D eigenvalue weighted by molar-refractivity contribution is 0.489. The smallest absolute Gasteiger partial charge is 0.130 e. The van der Waals surface area contributed by atoms with Gasteiger partial charge in [-0.05, 0) is 49.7 Å². The van der Waals surface area contributed by atoms with Crippen LogP contribution in [0, 0.1) is 23.3 Å². The number of rotatable bonds is 5. The summed E-state index contributed by atoms with van der Waals surface area (Å²) in [6, 6.07) is 6.42. The lowest BCUT2D eigenvalue weighted by Crippen LogP contribution is -2.23. The van der Waals surface area contributed by atoms with Crippen LogP contribution in [0.2, 0.25) is 0 Å². The van der Waals surface area contributed by atoms with E-state index in [0.717, 1.165) is 6.07 Å². The summed E-state index contributed by atoms with van der Waals surface area (Å²) in [5.41, 5.74) is 0.448. The first-order valence-electron chi connectivity index (χ1n) is 6.59. The molecule has 2 rings (SSSR count). The van der Waals surface area contributed by atoms with Gasteiger partial charge in [0.15, 0.2) is 0 Å². The number of benzene rings is 2. The van der Waals surface area contributed by atoms with Gasteiger partial charge in [0.2, 0.25) is 0 Å². The molecule has 1 atom stereocenters. The van der Waals surface area contributed by atoms with Gasteiger partial charge in [0, 0.05) is 17.7 Å². The molecule has 112 valence electrons. The molecule has 1 unspecified atom stereocenters. The zero-order valence-electron chi connectivity index (χ0n) is 11.5. The SMILES string of the molecule is CC(NCCc1cc(F)cc(F)c1)c1c(F)cccc1F. The fourth-order valence-electron chi connectivity index (χ4n) is 2.21. The Morgan fingerprint density at radius 1 is 0.952 bits per heavy atom. The fourth-order valence-corrected chi connectivity index (χ4v) is 2.21. The van der Waals surface area contributed by atoms with Crippen molar-refractivity contribution in [3.8, 4) is 0 Å². The van der Waals surface area contributed by atoms with Crippen LogP contribution in [0.3, 0.4) is 0 Å². The minimum absolute atomic E-state index is 0.0390. The molecule has 2 aromatic rings. The highest BCUT2D eigenvalue weighted by atomic mass is 19.1. The van der Waals surface area contributed by atoms with E-state index in [1.807, 2.05) is 0 Å². The highest BCUT2D eigenvalue weighted by Crippen LogP contribution is 2.20. The summed E-state index contributed by atoms with van der Waals surface area (Å²) in [5, 5.41) is 2.94. The third kappa shape index (κ3) is 4.04. The third-order valence-electron chi connectivity index (χ3n) is 3.22. The molecule has 0 aliphatic carbocycles. The molecule has 0 amide bonds. The van der Waals surface area contributed by atoms with Crippen molar-refractivity contribution in [2.24, 2.45) is 0 Å². The second kappa shape index (κ2) is 6.72. The minimum Gasteiger partial charge on any atom is -0.310 e. The predicted molar refractivity (Wildman–Crippen MR) is 72.8 cm³/mol. The zero-order chi connectivity index (χ0) is 15.4. The lowest BCUT2D eigenvalue weighted by atomic mass is 10.1. The van der Waals surface area contributed by atoms with E-state index in [1.165, 1.54) is 30.3 Å². The average Bonchev–Trinajstić information content (AvgIpc) is 2.37. The maximum absolute atomic E-state index is 13.6. The zero-order valence-corrected chi connectivity index (χ0v) is 11.5. The molecule has 0 heterocycles.